The molecule has 0 spiro atoms. The summed E-state index contributed by atoms with van der Waals surface area (Å²) in [5, 5.41) is 3.59. The molecule has 0 saturated carbocycles. The van der Waals surface area contributed by atoms with Gasteiger partial charge in [0.25, 0.3) is 11.8 Å². The summed E-state index contributed by atoms with van der Waals surface area (Å²) in [4.78, 5) is 31.3. The van der Waals surface area contributed by atoms with Gasteiger partial charge in [0, 0.05) is 81.3 Å². The lowest BCUT2D eigenvalue weighted by atomic mass is 9.97. The van der Waals surface area contributed by atoms with Crippen molar-refractivity contribution in [2.75, 3.05) is 53.2 Å². The maximum atomic E-state index is 15.5. The lowest BCUT2D eigenvalue weighted by Gasteiger charge is -2.38. The zero-order valence-electron chi connectivity index (χ0n) is 25.8. The molecule has 236 valence electrons. The molecule has 0 aliphatic carbocycles. The maximum Gasteiger partial charge on any atom is 0.256 e. The van der Waals surface area contributed by atoms with Crippen molar-refractivity contribution >= 4 is 23.4 Å². The second-order valence-electron chi connectivity index (χ2n) is 11.5. The molecule has 0 aromatic heterocycles. The van der Waals surface area contributed by atoms with Crippen LogP contribution < -0.4 is 10.1 Å². The average molecular weight is 618 g/mol. The van der Waals surface area contributed by atoms with E-state index in [2.05, 4.69) is 5.32 Å². The van der Waals surface area contributed by atoms with Gasteiger partial charge >= 0.3 is 0 Å². The number of rotatable bonds is 12. The molecule has 2 amide bonds. The summed E-state index contributed by atoms with van der Waals surface area (Å²) in [6.07, 6.45) is 4.03. The number of ether oxygens (including phenoxy) is 3. The fourth-order valence-corrected chi connectivity index (χ4v) is 6.30. The highest BCUT2D eigenvalue weighted by Gasteiger charge is 2.31. The monoisotopic (exact) mass is 617 g/mol. The zero-order chi connectivity index (χ0) is 30.9. The summed E-state index contributed by atoms with van der Waals surface area (Å²) in [7, 11) is 1.61. The van der Waals surface area contributed by atoms with E-state index in [0.717, 1.165) is 32.2 Å². The van der Waals surface area contributed by atoms with Crippen LogP contribution in [-0.4, -0.2) is 92.9 Å². The highest BCUT2D eigenvalue weighted by Crippen LogP contribution is 2.38. The summed E-state index contributed by atoms with van der Waals surface area (Å²) in [6.45, 7) is 10.1. The number of piperidine rings is 1. The van der Waals surface area contributed by atoms with Crippen LogP contribution in [0.15, 0.2) is 30.3 Å². The third-order valence-electron chi connectivity index (χ3n) is 8.24. The van der Waals surface area contributed by atoms with Gasteiger partial charge < -0.3 is 29.3 Å². The standard InChI is InChI=1S/C33H45ClFN3O5/c1-5-37(24-11-16-42-17-12-24)32(39)23-9-10-30(35)26(18-23)27-19-29(34)28(20-31(27)43-15-7-14-41-4)33(40)38(22(2)3)25-8-6-13-36-21-25/h9-10,18-20,22,24-25,36H,5-8,11-17,21H2,1-4H3/t25-/m1/s1. The molecule has 2 fully saturated rings. The Bertz CT molecular complexity index is 1250. The molecule has 0 radical (unpaired) electrons. The van der Waals surface area contributed by atoms with Crippen molar-refractivity contribution in [1.29, 1.82) is 0 Å². The Morgan fingerprint density at radius 2 is 1.84 bits per heavy atom. The second-order valence-corrected chi connectivity index (χ2v) is 11.9. The van der Waals surface area contributed by atoms with E-state index in [4.69, 9.17) is 25.8 Å². The third kappa shape index (κ3) is 8.06. The molecule has 2 aromatic carbocycles. The predicted molar refractivity (Wildman–Crippen MR) is 167 cm³/mol. The van der Waals surface area contributed by atoms with Crippen LogP contribution in [0, 0.1) is 5.82 Å². The quantitative estimate of drug-likeness (QED) is 0.303. The van der Waals surface area contributed by atoms with Crippen LogP contribution in [0.5, 0.6) is 5.75 Å². The van der Waals surface area contributed by atoms with Gasteiger partial charge in [0.15, 0.2) is 0 Å². The number of carbonyl (C=O) groups is 2. The van der Waals surface area contributed by atoms with Gasteiger partial charge in [0.1, 0.15) is 11.6 Å². The summed E-state index contributed by atoms with van der Waals surface area (Å²) >= 11 is 6.80. The van der Waals surface area contributed by atoms with Gasteiger partial charge in [-0.15, -0.1) is 0 Å². The first-order chi connectivity index (χ1) is 20.8. The minimum Gasteiger partial charge on any atom is -0.493 e. The SMILES string of the molecule is CCN(C(=O)c1ccc(F)c(-c2cc(Cl)c(C(=O)N(C(C)C)[C@@H]3CCCNC3)cc2OCCCOC)c1)C1CCOCC1. The Balaban J connectivity index is 1.72. The Labute approximate surface area is 259 Å². The minimum absolute atomic E-state index is 0.0421. The van der Waals surface area contributed by atoms with E-state index in [0.29, 0.717) is 68.4 Å². The third-order valence-corrected chi connectivity index (χ3v) is 8.55. The molecule has 43 heavy (non-hydrogen) atoms. The molecular weight excluding hydrogens is 573 g/mol. The molecule has 1 N–H and O–H groups in total. The van der Waals surface area contributed by atoms with E-state index >= 15 is 4.39 Å². The normalized spacial score (nSPS) is 17.6. The van der Waals surface area contributed by atoms with Gasteiger partial charge in [-0.1, -0.05) is 11.6 Å². The molecular formula is C33H45ClFN3O5. The lowest BCUT2D eigenvalue weighted by Crippen LogP contribution is -2.51. The van der Waals surface area contributed by atoms with Crippen molar-refractivity contribution in [3.8, 4) is 16.9 Å². The van der Waals surface area contributed by atoms with Crippen LogP contribution in [0.4, 0.5) is 4.39 Å². The van der Waals surface area contributed by atoms with Crippen molar-refractivity contribution in [3.05, 3.63) is 52.3 Å². The van der Waals surface area contributed by atoms with E-state index in [1.54, 1.807) is 25.3 Å². The van der Waals surface area contributed by atoms with Crippen LogP contribution in [-0.2, 0) is 9.47 Å². The number of nitrogens with zero attached hydrogens (tertiary/aromatic N) is 2. The zero-order valence-corrected chi connectivity index (χ0v) is 26.6. The highest BCUT2D eigenvalue weighted by atomic mass is 35.5. The lowest BCUT2D eigenvalue weighted by molar-refractivity contribution is 0.0305. The fourth-order valence-electron chi connectivity index (χ4n) is 6.06. The Hall–Kier alpha value is -2.72. The molecule has 1 atom stereocenters. The van der Waals surface area contributed by atoms with E-state index in [1.807, 2.05) is 30.6 Å². The maximum absolute atomic E-state index is 15.5. The second kappa shape index (κ2) is 15.8. The van der Waals surface area contributed by atoms with Crippen molar-refractivity contribution in [2.24, 2.45) is 0 Å². The van der Waals surface area contributed by atoms with Gasteiger partial charge in [-0.3, -0.25) is 9.59 Å². The highest BCUT2D eigenvalue weighted by molar-refractivity contribution is 6.34. The van der Waals surface area contributed by atoms with Gasteiger partial charge in [0.2, 0.25) is 0 Å². The van der Waals surface area contributed by atoms with Crippen LogP contribution in [0.25, 0.3) is 11.1 Å². The predicted octanol–water partition coefficient (Wildman–Crippen LogP) is 5.81. The number of hydrogen-bond acceptors (Lipinski definition) is 6. The number of hydrogen-bond donors (Lipinski definition) is 1. The number of nitrogens with one attached hydrogen (secondary N) is 1. The van der Waals surface area contributed by atoms with Crippen molar-refractivity contribution in [2.45, 2.75) is 71.0 Å². The first kappa shape index (κ1) is 33.2. The van der Waals surface area contributed by atoms with Crippen molar-refractivity contribution in [3.63, 3.8) is 0 Å². The molecule has 0 bridgehead atoms. The number of amides is 2. The summed E-state index contributed by atoms with van der Waals surface area (Å²) < 4.78 is 32.3. The molecule has 8 nitrogen and oxygen atoms in total. The topological polar surface area (TPSA) is 80.3 Å². The number of benzene rings is 2. The molecule has 0 unspecified atom stereocenters. The van der Waals surface area contributed by atoms with E-state index in [1.165, 1.54) is 12.1 Å². The number of halogens is 2. The Kier molecular flexibility index (Phi) is 12.2. The fraction of sp³-hybridized carbons (Fsp3) is 0.576. The first-order valence-electron chi connectivity index (χ1n) is 15.4. The van der Waals surface area contributed by atoms with Crippen LogP contribution in [0.2, 0.25) is 5.02 Å². The van der Waals surface area contributed by atoms with Gasteiger partial charge in [-0.25, -0.2) is 4.39 Å². The van der Waals surface area contributed by atoms with Crippen LogP contribution >= 0.6 is 11.6 Å². The van der Waals surface area contributed by atoms with E-state index in [9.17, 15) is 9.59 Å². The van der Waals surface area contributed by atoms with Gasteiger partial charge in [-0.2, -0.15) is 0 Å². The molecule has 2 aliphatic heterocycles. The molecule has 4 rings (SSSR count). The van der Waals surface area contributed by atoms with Crippen molar-refractivity contribution < 1.29 is 28.2 Å². The number of methoxy groups -OCH3 is 1. The Morgan fingerprint density at radius 1 is 1.07 bits per heavy atom. The van der Waals surface area contributed by atoms with Crippen molar-refractivity contribution in [1.82, 2.24) is 15.1 Å². The first-order valence-corrected chi connectivity index (χ1v) is 15.8. The van der Waals surface area contributed by atoms with Gasteiger partial charge in [0.05, 0.1) is 17.2 Å². The molecule has 2 aromatic rings. The summed E-state index contributed by atoms with van der Waals surface area (Å²) in [6, 6.07) is 7.65. The molecule has 2 heterocycles. The van der Waals surface area contributed by atoms with E-state index in [-0.39, 0.29) is 40.5 Å². The molecule has 2 saturated heterocycles. The van der Waals surface area contributed by atoms with E-state index < -0.39 is 5.82 Å². The Morgan fingerprint density at radius 3 is 2.49 bits per heavy atom. The van der Waals surface area contributed by atoms with Gasteiger partial charge in [-0.05, 0) is 83.3 Å². The van der Waals surface area contributed by atoms with Crippen LogP contribution in [0.1, 0.15) is 73.6 Å². The summed E-state index contributed by atoms with van der Waals surface area (Å²) in [5.74, 6) is -0.541. The van der Waals surface area contributed by atoms with Crippen LogP contribution in [0.3, 0.4) is 0 Å². The molecule has 2 aliphatic rings. The molecule has 10 heteroatoms. The average Bonchev–Trinajstić information content (AvgIpc) is 3.01. The minimum atomic E-state index is -0.514. The summed E-state index contributed by atoms with van der Waals surface area (Å²) in [5.41, 5.74) is 1.25. The largest absolute Gasteiger partial charge is 0.493 e. The number of carbonyl (C=O) groups excluding carboxylic acids is 2. The smallest absolute Gasteiger partial charge is 0.256 e.